The van der Waals surface area contributed by atoms with Crippen molar-refractivity contribution in [1.82, 2.24) is 25.0 Å². The van der Waals surface area contributed by atoms with Crippen molar-refractivity contribution >= 4 is 36.1 Å². The van der Waals surface area contributed by atoms with E-state index in [2.05, 4.69) is 46.6 Å². The Hall–Kier alpha value is -5.79. The third kappa shape index (κ3) is 8.65. The van der Waals surface area contributed by atoms with Gasteiger partial charge in [0.1, 0.15) is 36.0 Å². The topological polar surface area (TPSA) is 143 Å². The first-order valence-corrected chi connectivity index (χ1v) is 21.8. The van der Waals surface area contributed by atoms with Gasteiger partial charge in [0.2, 0.25) is 5.91 Å². The standard InChI is InChI=1S/C31H36FN3O.C18H19N3O5/c1-34-16-12-31(13-17-34)14-18-35(19-15-31)29-11-5-24(21-33-29)30-27(22-2-6-25(32)7-3-22)9-4-23-20-26(36)8-10-28(23)30;1-19-16(24)15(3-2-5-22)21-17(25)13-7-11-9-20(4-6-23)10-12(11)8-14(13)18(21)26/h2-3,5-8,10-11,20-21,27,30,36H,4,9,12-19H2,1H3;5-8,15H,2-4,9-10H2,1H3,(H,19,24)/t27-,30+;/m1./s1. The minimum Gasteiger partial charge on any atom is -0.508 e. The van der Waals surface area contributed by atoms with Crippen LogP contribution in [0.3, 0.4) is 0 Å². The molecule has 324 valence electrons. The Kier molecular flexibility index (Phi) is 12.6. The molecule has 2 N–H and O–H groups in total. The highest BCUT2D eigenvalue weighted by Crippen LogP contribution is 2.47. The fraction of sp³-hybridized carbons (Fsp3) is 0.429. The number of piperidine rings is 2. The number of aldehydes is 2. The van der Waals surface area contributed by atoms with Crippen molar-refractivity contribution in [3.8, 4) is 5.75 Å². The van der Waals surface area contributed by atoms with Crippen LogP contribution < -0.4 is 10.2 Å². The van der Waals surface area contributed by atoms with Crippen LogP contribution in [-0.4, -0.2) is 108 Å². The van der Waals surface area contributed by atoms with Crippen LogP contribution in [0.4, 0.5) is 10.2 Å². The third-order valence-corrected chi connectivity index (χ3v) is 14.0. The maximum Gasteiger partial charge on any atom is 0.262 e. The van der Waals surface area contributed by atoms with Crippen molar-refractivity contribution in [2.24, 2.45) is 5.41 Å². The number of aromatic nitrogens is 1. The monoisotopic (exact) mass is 842 g/mol. The van der Waals surface area contributed by atoms with Gasteiger partial charge in [0.15, 0.2) is 0 Å². The van der Waals surface area contributed by atoms with Gasteiger partial charge in [-0.25, -0.2) is 9.37 Å². The average molecular weight is 843 g/mol. The molecular formula is C49H55FN6O6. The normalized spacial score (nSPS) is 21.1. The first-order valence-electron chi connectivity index (χ1n) is 21.8. The van der Waals surface area contributed by atoms with Gasteiger partial charge in [0, 0.05) is 51.8 Å². The molecule has 0 radical (unpaired) electrons. The van der Waals surface area contributed by atoms with Gasteiger partial charge in [-0.1, -0.05) is 24.3 Å². The summed E-state index contributed by atoms with van der Waals surface area (Å²) in [6.45, 7) is 5.97. The number of carbonyl (C=O) groups excluding carboxylic acids is 5. The Bertz CT molecular complexity index is 2270. The molecule has 9 rings (SSSR count). The van der Waals surface area contributed by atoms with E-state index in [1.165, 1.54) is 62.5 Å². The molecule has 4 aromatic rings. The lowest BCUT2D eigenvalue weighted by molar-refractivity contribution is -0.124. The van der Waals surface area contributed by atoms with Crippen LogP contribution in [0, 0.1) is 11.2 Å². The molecule has 0 bridgehead atoms. The van der Waals surface area contributed by atoms with Crippen LogP contribution in [-0.2, 0) is 33.9 Å². The zero-order valence-electron chi connectivity index (χ0n) is 35.5. The molecule has 2 saturated heterocycles. The molecule has 5 aliphatic rings. The van der Waals surface area contributed by atoms with E-state index in [9.17, 15) is 33.5 Å². The summed E-state index contributed by atoms with van der Waals surface area (Å²) < 4.78 is 13.7. The van der Waals surface area contributed by atoms with Crippen LogP contribution in [0.2, 0.25) is 0 Å². The number of phenols is 1. The molecule has 1 unspecified atom stereocenters. The highest BCUT2D eigenvalue weighted by molar-refractivity contribution is 6.23. The van der Waals surface area contributed by atoms with E-state index in [1.807, 2.05) is 23.1 Å². The highest BCUT2D eigenvalue weighted by atomic mass is 19.1. The molecule has 3 atom stereocenters. The van der Waals surface area contributed by atoms with Crippen LogP contribution in [0.25, 0.3) is 0 Å². The molecular weight excluding hydrogens is 788 g/mol. The van der Waals surface area contributed by atoms with E-state index in [4.69, 9.17) is 4.98 Å². The maximum absolute atomic E-state index is 13.7. The van der Waals surface area contributed by atoms with E-state index in [1.54, 1.807) is 30.3 Å². The van der Waals surface area contributed by atoms with Gasteiger partial charge in [0.05, 0.1) is 17.7 Å². The number of pyridine rings is 1. The Morgan fingerprint density at radius 1 is 0.871 bits per heavy atom. The van der Waals surface area contributed by atoms with Crippen LogP contribution in [0.15, 0.2) is 72.9 Å². The quantitative estimate of drug-likeness (QED) is 0.144. The van der Waals surface area contributed by atoms with Gasteiger partial charge < -0.3 is 29.8 Å². The zero-order valence-corrected chi connectivity index (χ0v) is 35.5. The summed E-state index contributed by atoms with van der Waals surface area (Å²) in [7, 11) is 3.66. The predicted octanol–water partition coefficient (Wildman–Crippen LogP) is 5.99. The average Bonchev–Trinajstić information content (AvgIpc) is 3.80. The predicted molar refractivity (Wildman–Crippen MR) is 233 cm³/mol. The molecule has 13 heteroatoms. The van der Waals surface area contributed by atoms with E-state index in [0.29, 0.717) is 30.5 Å². The lowest BCUT2D eigenvalue weighted by atomic mass is 9.69. The van der Waals surface area contributed by atoms with Crippen molar-refractivity contribution in [3.05, 3.63) is 123 Å². The highest BCUT2D eigenvalue weighted by Gasteiger charge is 2.44. The zero-order chi connectivity index (χ0) is 43.5. The minimum absolute atomic E-state index is 0.0721. The van der Waals surface area contributed by atoms with E-state index >= 15 is 0 Å². The summed E-state index contributed by atoms with van der Waals surface area (Å²) in [6, 6.07) is 19.5. The first kappa shape index (κ1) is 42.9. The van der Waals surface area contributed by atoms with Crippen LogP contribution in [0.5, 0.6) is 5.75 Å². The van der Waals surface area contributed by atoms with Gasteiger partial charge in [-0.3, -0.25) is 24.2 Å². The Morgan fingerprint density at radius 3 is 2.11 bits per heavy atom. The number of halogens is 1. The summed E-state index contributed by atoms with van der Waals surface area (Å²) in [6.07, 6.45) is 10.7. The fourth-order valence-corrected chi connectivity index (χ4v) is 10.4. The molecule has 1 aromatic heterocycles. The summed E-state index contributed by atoms with van der Waals surface area (Å²) in [5.74, 6) is 0.0226. The van der Waals surface area contributed by atoms with Crippen LogP contribution >= 0.6 is 0 Å². The first-order chi connectivity index (χ1) is 30.0. The van der Waals surface area contributed by atoms with Gasteiger partial charge in [-0.05, 0) is 152 Å². The number of nitrogens with one attached hydrogen (secondary N) is 1. The third-order valence-electron chi connectivity index (χ3n) is 14.0. The second-order valence-corrected chi connectivity index (χ2v) is 17.7. The number of hydrogen-bond donors (Lipinski definition) is 2. The smallest absolute Gasteiger partial charge is 0.262 e. The van der Waals surface area contributed by atoms with Crippen molar-refractivity contribution in [3.63, 3.8) is 0 Å². The Morgan fingerprint density at radius 2 is 1.52 bits per heavy atom. The summed E-state index contributed by atoms with van der Waals surface area (Å²) >= 11 is 0. The largest absolute Gasteiger partial charge is 0.508 e. The molecule has 2 fully saturated rings. The van der Waals surface area contributed by atoms with Gasteiger partial charge in [-0.15, -0.1) is 0 Å². The van der Waals surface area contributed by atoms with Crippen molar-refractivity contribution in [2.75, 3.05) is 51.7 Å². The number of fused-ring (bicyclic) bond motifs is 3. The second-order valence-electron chi connectivity index (χ2n) is 17.7. The number of carbonyl (C=O) groups is 5. The summed E-state index contributed by atoms with van der Waals surface area (Å²) in [5, 5.41) is 12.5. The number of hydrogen-bond acceptors (Lipinski definition) is 10. The number of aromatic hydroxyl groups is 1. The number of anilines is 1. The maximum atomic E-state index is 13.7. The molecule has 0 saturated carbocycles. The van der Waals surface area contributed by atoms with Crippen molar-refractivity contribution in [2.45, 2.75) is 82.3 Å². The van der Waals surface area contributed by atoms with E-state index < -0.39 is 23.8 Å². The Labute approximate surface area is 362 Å². The minimum atomic E-state index is -1.01. The molecule has 62 heavy (non-hydrogen) atoms. The lowest BCUT2D eigenvalue weighted by Crippen LogP contribution is -2.48. The fourth-order valence-electron chi connectivity index (χ4n) is 10.4. The number of imide groups is 1. The number of phenolic OH excluding ortho intramolecular Hbond substituents is 1. The number of benzene rings is 3. The molecule has 1 aliphatic carbocycles. The molecule has 12 nitrogen and oxygen atoms in total. The summed E-state index contributed by atoms with van der Waals surface area (Å²) in [5.41, 5.74) is 7.64. The van der Waals surface area contributed by atoms with Crippen LogP contribution in [0.1, 0.15) is 111 Å². The number of amides is 3. The second kappa shape index (κ2) is 18.3. The lowest BCUT2D eigenvalue weighted by Gasteiger charge is -2.46. The molecule has 4 aliphatic heterocycles. The number of aryl methyl sites for hydroxylation is 1. The molecule has 3 amide bonds. The van der Waals surface area contributed by atoms with Gasteiger partial charge >= 0.3 is 0 Å². The molecule has 1 spiro atoms. The Balaban J connectivity index is 0.000000181. The van der Waals surface area contributed by atoms with Gasteiger partial charge in [0.25, 0.3) is 11.8 Å². The molecule has 5 heterocycles. The van der Waals surface area contributed by atoms with Crippen molar-refractivity contribution in [1.29, 1.82) is 0 Å². The molecule has 3 aromatic carbocycles. The SMILES string of the molecule is CN1CCC2(CC1)CCN(c1ccc([C@@H]3c4ccc(O)cc4CC[C@@H]3c3ccc(F)cc3)cn1)CC2.CNC(=O)C(CCC=O)N1C(=O)c2cc3c(cc2C1=O)CN(CC=O)C3. The van der Waals surface area contributed by atoms with Crippen molar-refractivity contribution < 1.29 is 33.5 Å². The van der Waals surface area contributed by atoms with E-state index in [-0.39, 0.29) is 48.2 Å². The van der Waals surface area contributed by atoms with Gasteiger partial charge in [-0.2, -0.15) is 0 Å². The summed E-state index contributed by atoms with van der Waals surface area (Å²) in [4.78, 5) is 71.9. The number of nitrogens with zero attached hydrogens (tertiary/aromatic N) is 5. The number of rotatable bonds is 10. The number of likely N-dealkylation sites (tertiary alicyclic amines) is 1. The number of likely N-dealkylation sites (N-methyl/N-ethyl adjacent to an activating group) is 1. The van der Waals surface area contributed by atoms with E-state index in [0.717, 1.165) is 59.6 Å².